The molecule has 8 aromatic carbocycles. The van der Waals surface area contributed by atoms with Gasteiger partial charge in [0.05, 0.1) is 53.0 Å². The van der Waals surface area contributed by atoms with E-state index in [0.717, 1.165) is 57.3 Å². The Hall–Kier alpha value is -8.96. The second-order valence-electron chi connectivity index (χ2n) is 23.2. The smallest absolute Gasteiger partial charge is 0.271 e. The molecule has 18 nitrogen and oxygen atoms in total. The number of imidazole rings is 2. The normalized spacial score (nSPS) is 11.5. The van der Waals surface area contributed by atoms with Crippen molar-refractivity contribution in [2.24, 2.45) is 0 Å². The summed E-state index contributed by atoms with van der Waals surface area (Å²) in [5.41, 5.74) is 12.8. The number of aromatic nitrogens is 4. The number of rotatable bonds is 22. The number of carbonyl (C=O) groups is 2. The summed E-state index contributed by atoms with van der Waals surface area (Å²) in [7, 11) is -14.8. The molecule has 496 valence electrons. The number of carbonyl (C=O) groups excluding carboxylic acids is 2. The SMILES string of the molecule is CCCC(=O)Cc1cc(C)ccc1NS(=O)(=O)c1ccc(C)cc1.CCCC(=O)Cc1ccc(C)cc1NS(=O)(=O)c1ccc(C)cc1.CCNc1nc2cc(C)ccc2n1S(=O)(=O)c1ccc(C)cc1.CCNc1nc2ccc(C)cc2n1S(=O)(=O)c1ccc(C)cc1. The van der Waals surface area contributed by atoms with Crippen LogP contribution in [-0.2, 0) is 62.5 Å². The van der Waals surface area contributed by atoms with Gasteiger partial charge < -0.3 is 10.6 Å². The molecule has 0 spiro atoms. The number of hydrogen-bond acceptors (Lipinski definition) is 14. The van der Waals surface area contributed by atoms with E-state index in [1.54, 1.807) is 115 Å². The monoisotopic (exact) mass is 1350 g/mol. The van der Waals surface area contributed by atoms with E-state index in [9.17, 15) is 43.3 Å². The third kappa shape index (κ3) is 18.7. The number of aryl methyl sites for hydroxylation is 8. The molecule has 0 aliphatic heterocycles. The Morgan fingerprint density at radius 3 is 1.19 bits per heavy atom. The Labute approximate surface area is 554 Å². The van der Waals surface area contributed by atoms with Crippen molar-refractivity contribution in [1.82, 2.24) is 17.9 Å². The first-order valence-corrected chi connectivity index (χ1v) is 36.9. The van der Waals surface area contributed by atoms with Crippen LogP contribution in [0.25, 0.3) is 22.1 Å². The number of nitrogens with one attached hydrogen (secondary N) is 4. The molecule has 0 fully saturated rings. The van der Waals surface area contributed by atoms with E-state index >= 15 is 0 Å². The van der Waals surface area contributed by atoms with Crippen LogP contribution in [0.3, 0.4) is 0 Å². The number of anilines is 4. The maximum atomic E-state index is 13.1. The van der Waals surface area contributed by atoms with Crippen molar-refractivity contribution in [2.75, 3.05) is 33.2 Å². The van der Waals surface area contributed by atoms with Crippen molar-refractivity contribution >= 4 is 97.0 Å². The second-order valence-corrected chi connectivity index (χ2v) is 30.1. The van der Waals surface area contributed by atoms with Gasteiger partial charge in [-0.05, 0) is 195 Å². The molecule has 2 heterocycles. The summed E-state index contributed by atoms with van der Waals surface area (Å²) in [5.74, 6) is 0.901. The number of ketones is 2. The number of benzene rings is 8. The minimum atomic E-state index is -3.72. The van der Waals surface area contributed by atoms with E-state index in [1.807, 2.05) is 138 Å². The summed E-state index contributed by atoms with van der Waals surface area (Å²) in [6, 6.07) is 49.1. The van der Waals surface area contributed by atoms with Gasteiger partial charge in [0, 0.05) is 38.8 Å². The average molecular weight is 1350 g/mol. The number of sulfonamides is 2. The van der Waals surface area contributed by atoms with Gasteiger partial charge in [-0.3, -0.25) is 19.0 Å². The summed E-state index contributed by atoms with van der Waals surface area (Å²) in [4.78, 5) is 33.7. The van der Waals surface area contributed by atoms with Crippen LogP contribution >= 0.6 is 0 Å². The number of fused-ring (bicyclic) bond motifs is 2. The van der Waals surface area contributed by atoms with Crippen LogP contribution in [0, 0.1) is 55.4 Å². The van der Waals surface area contributed by atoms with Gasteiger partial charge in [-0.25, -0.2) is 51.6 Å². The summed E-state index contributed by atoms with van der Waals surface area (Å²) >= 11 is 0. The first-order valence-electron chi connectivity index (χ1n) is 31.0. The molecule has 0 unspecified atom stereocenters. The predicted octanol–water partition coefficient (Wildman–Crippen LogP) is 14.7. The van der Waals surface area contributed by atoms with Crippen molar-refractivity contribution < 1.29 is 43.3 Å². The largest absolute Gasteiger partial charge is 0.355 e. The van der Waals surface area contributed by atoms with Gasteiger partial charge in [-0.1, -0.05) is 127 Å². The van der Waals surface area contributed by atoms with E-state index in [2.05, 4.69) is 30.0 Å². The van der Waals surface area contributed by atoms with E-state index in [-0.39, 0.29) is 44.0 Å². The Bertz CT molecular complexity index is 4780. The molecule has 22 heteroatoms. The molecular weight excluding hydrogens is 1270 g/mol. The maximum absolute atomic E-state index is 13.1. The Balaban J connectivity index is 0.000000177. The zero-order valence-electron chi connectivity index (χ0n) is 55.3. The van der Waals surface area contributed by atoms with E-state index in [0.29, 0.717) is 82.4 Å². The van der Waals surface area contributed by atoms with E-state index < -0.39 is 40.1 Å². The van der Waals surface area contributed by atoms with Crippen LogP contribution in [-0.4, -0.2) is 76.2 Å². The molecule has 0 atom stereocenters. The molecule has 2 aromatic heterocycles. The standard InChI is InChI=1S/2C19H23NO3S.2C17H19N3O2S/c1-4-5-17(21)13-16-9-6-15(3)12-19(16)20-24(22,23)18-10-7-14(2)8-11-18;1-4-5-17(21)13-16-12-15(3)8-11-19(16)20-24(22,23)18-9-6-14(2)7-10-18;1-4-18-17-19-15-11-13(3)7-10-16(15)20(17)23(21,22)14-8-5-12(2)6-9-14;1-4-18-17-19-15-10-7-13(3)11-16(15)20(17)23(21,22)14-8-5-12(2)6-9-14/h2*6-12,20H,4-5,13H2,1-3H3;2*5-11H,4H2,1-3H3,(H,18,19). The highest BCUT2D eigenvalue weighted by molar-refractivity contribution is 7.93. The van der Waals surface area contributed by atoms with Crippen molar-refractivity contribution in [2.45, 2.75) is 141 Å². The van der Waals surface area contributed by atoms with E-state index in [4.69, 9.17) is 0 Å². The summed E-state index contributed by atoms with van der Waals surface area (Å²) < 4.78 is 111. The first-order chi connectivity index (χ1) is 44.5. The third-order valence-corrected chi connectivity index (χ3v) is 21.0. The lowest BCUT2D eigenvalue weighted by atomic mass is 10.0. The van der Waals surface area contributed by atoms with Gasteiger partial charge in [0.25, 0.3) is 40.1 Å². The fraction of sp³-hybridized carbons (Fsp3) is 0.278. The van der Waals surface area contributed by atoms with Gasteiger partial charge in [0.15, 0.2) is 0 Å². The highest BCUT2D eigenvalue weighted by atomic mass is 32.2. The van der Waals surface area contributed by atoms with Crippen molar-refractivity contribution in [1.29, 1.82) is 0 Å². The molecule has 0 radical (unpaired) electrons. The van der Waals surface area contributed by atoms with Crippen molar-refractivity contribution in [3.63, 3.8) is 0 Å². The minimum Gasteiger partial charge on any atom is -0.355 e. The molecule has 0 bridgehead atoms. The molecule has 94 heavy (non-hydrogen) atoms. The van der Waals surface area contributed by atoms with Crippen molar-refractivity contribution in [3.8, 4) is 0 Å². The maximum Gasteiger partial charge on any atom is 0.271 e. The molecular formula is C72H84N8O10S4. The van der Waals surface area contributed by atoms with Gasteiger partial charge >= 0.3 is 0 Å². The topological polar surface area (TPSA) is 254 Å². The molecule has 0 aliphatic rings. The highest BCUT2D eigenvalue weighted by Gasteiger charge is 2.27. The lowest BCUT2D eigenvalue weighted by Gasteiger charge is -2.13. The summed E-state index contributed by atoms with van der Waals surface area (Å²) in [6.07, 6.45) is 3.04. The predicted molar refractivity (Wildman–Crippen MR) is 378 cm³/mol. The molecule has 0 aliphatic carbocycles. The highest BCUT2D eigenvalue weighted by Crippen LogP contribution is 2.30. The van der Waals surface area contributed by atoms with Gasteiger partial charge in [-0.2, -0.15) is 0 Å². The summed E-state index contributed by atoms with van der Waals surface area (Å²) in [6.45, 7) is 24.3. The van der Waals surface area contributed by atoms with Crippen LogP contribution in [0.15, 0.2) is 189 Å². The molecule has 10 rings (SSSR count). The van der Waals surface area contributed by atoms with Gasteiger partial charge in [-0.15, -0.1) is 0 Å². The third-order valence-electron chi connectivity index (χ3n) is 14.8. The molecule has 0 amide bonds. The zero-order chi connectivity index (χ0) is 68.7. The second kappa shape index (κ2) is 31.8. The Morgan fingerprint density at radius 2 is 0.723 bits per heavy atom. The molecule has 0 saturated carbocycles. The van der Waals surface area contributed by atoms with Gasteiger partial charge in [0.2, 0.25) is 11.9 Å². The number of nitrogens with zero attached hydrogens (tertiary/aromatic N) is 4. The van der Waals surface area contributed by atoms with Crippen LogP contribution in [0.5, 0.6) is 0 Å². The molecule has 10 aromatic rings. The number of Topliss-reactive ketones (excluding diaryl/α,β-unsaturated/α-hetero) is 2. The molecule has 0 saturated heterocycles. The van der Waals surface area contributed by atoms with Crippen LogP contribution in [0.2, 0.25) is 0 Å². The Kier molecular flexibility index (Phi) is 24.5. The fourth-order valence-electron chi connectivity index (χ4n) is 9.90. The average Bonchev–Trinajstić information content (AvgIpc) is 1.60. The van der Waals surface area contributed by atoms with Gasteiger partial charge in [0.1, 0.15) is 11.6 Å². The zero-order valence-corrected chi connectivity index (χ0v) is 58.6. The lowest BCUT2D eigenvalue weighted by molar-refractivity contribution is -0.119. The quantitative estimate of drug-likeness (QED) is 0.0492. The van der Waals surface area contributed by atoms with Crippen molar-refractivity contribution in [3.05, 3.63) is 225 Å². The molecule has 4 N–H and O–H groups in total. The fourth-order valence-corrected chi connectivity index (χ4v) is 15.0. The van der Waals surface area contributed by atoms with Crippen LogP contribution < -0.4 is 20.1 Å². The summed E-state index contributed by atoms with van der Waals surface area (Å²) in [5, 5.41) is 6.09. The van der Waals surface area contributed by atoms with E-state index in [1.165, 1.54) is 7.94 Å². The first kappa shape index (κ1) is 72.5. The van der Waals surface area contributed by atoms with Crippen LogP contribution in [0.1, 0.15) is 109 Å². The lowest BCUT2D eigenvalue weighted by Crippen LogP contribution is -2.16. The minimum absolute atomic E-state index is 0.108. The Morgan fingerprint density at radius 1 is 0.362 bits per heavy atom. The van der Waals surface area contributed by atoms with Crippen LogP contribution in [0.4, 0.5) is 23.3 Å². The number of hydrogen-bond donors (Lipinski definition) is 4.